The number of halogens is 1. The van der Waals surface area contributed by atoms with E-state index in [1.807, 2.05) is 0 Å². The van der Waals surface area contributed by atoms with Crippen molar-refractivity contribution >= 4 is 22.5 Å². The molecule has 29 heavy (non-hydrogen) atoms. The van der Waals surface area contributed by atoms with Crippen LogP contribution >= 0.6 is 0 Å². The van der Waals surface area contributed by atoms with E-state index in [0.717, 1.165) is 31.1 Å². The fraction of sp³-hybridized carbons (Fsp3) is 0.409. The first-order valence-corrected chi connectivity index (χ1v) is 9.90. The second kappa shape index (κ2) is 7.91. The molecular weight excluding hydrogens is 371 g/mol. The summed E-state index contributed by atoms with van der Waals surface area (Å²) >= 11 is 0. The molecule has 0 unspecified atom stereocenters. The Morgan fingerprint density at radius 1 is 1.10 bits per heavy atom. The topological polar surface area (TPSA) is 71.3 Å². The van der Waals surface area contributed by atoms with Gasteiger partial charge in [0.2, 0.25) is 5.91 Å². The Hall–Kier alpha value is -2.80. The lowest BCUT2D eigenvalue weighted by Crippen LogP contribution is -2.35. The van der Waals surface area contributed by atoms with E-state index in [2.05, 4.69) is 34.3 Å². The summed E-state index contributed by atoms with van der Waals surface area (Å²) in [7, 11) is 4.17. The van der Waals surface area contributed by atoms with Crippen LogP contribution in [0.3, 0.4) is 0 Å². The number of hydrogen-bond donors (Lipinski definition) is 1. The van der Waals surface area contributed by atoms with Crippen molar-refractivity contribution in [3.63, 3.8) is 0 Å². The summed E-state index contributed by atoms with van der Waals surface area (Å²) in [5.41, 5.74) is 0.337. The molecule has 1 saturated carbocycles. The van der Waals surface area contributed by atoms with Gasteiger partial charge in [0.15, 0.2) is 11.7 Å². The molecular formula is C22H25FN4O2. The number of hydrogen-bond acceptors (Lipinski definition) is 5. The van der Waals surface area contributed by atoms with E-state index in [1.165, 1.54) is 12.3 Å². The predicted molar refractivity (Wildman–Crippen MR) is 110 cm³/mol. The van der Waals surface area contributed by atoms with Crippen LogP contribution in [0.1, 0.15) is 31.6 Å². The molecule has 1 aliphatic rings. The highest BCUT2D eigenvalue weighted by Gasteiger charge is 2.27. The Bertz CT molecular complexity index is 1040. The molecule has 3 aromatic rings. The van der Waals surface area contributed by atoms with E-state index in [-0.39, 0.29) is 11.8 Å². The summed E-state index contributed by atoms with van der Waals surface area (Å²) in [6.45, 7) is 1.71. The number of pyridine rings is 1. The summed E-state index contributed by atoms with van der Waals surface area (Å²) in [4.78, 5) is 23.2. The van der Waals surface area contributed by atoms with Gasteiger partial charge in [-0.3, -0.25) is 4.79 Å². The smallest absolute Gasteiger partial charge is 0.228 e. The summed E-state index contributed by atoms with van der Waals surface area (Å²) in [6.07, 6.45) is 6.88. The normalized spacial score (nSPS) is 19.6. The van der Waals surface area contributed by atoms with Gasteiger partial charge in [0.25, 0.3) is 0 Å². The minimum absolute atomic E-state index is 0.00208. The zero-order valence-corrected chi connectivity index (χ0v) is 16.9. The molecule has 0 radical (unpaired) electrons. The third-order valence-electron chi connectivity index (χ3n) is 5.74. The molecule has 1 aromatic carbocycles. The first-order valence-electron chi connectivity index (χ1n) is 9.90. The maximum Gasteiger partial charge on any atom is 0.228 e. The molecule has 4 rings (SSSR count). The average molecular weight is 396 g/mol. The van der Waals surface area contributed by atoms with Crippen molar-refractivity contribution in [1.82, 2.24) is 14.9 Å². The van der Waals surface area contributed by atoms with Gasteiger partial charge in [-0.25, -0.2) is 14.4 Å². The van der Waals surface area contributed by atoms with Crippen molar-refractivity contribution in [2.24, 2.45) is 5.92 Å². The number of carbonyl (C=O) groups excluding carboxylic acids is 1. The Kier molecular flexibility index (Phi) is 5.32. The highest BCUT2D eigenvalue weighted by atomic mass is 19.1. The molecule has 6 nitrogen and oxygen atoms in total. The van der Waals surface area contributed by atoms with Gasteiger partial charge in [0.1, 0.15) is 11.6 Å². The number of nitrogens with one attached hydrogen (secondary N) is 1. The number of oxazole rings is 1. The van der Waals surface area contributed by atoms with Gasteiger partial charge in [0, 0.05) is 30.5 Å². The highest BCUT2D eigenvalue weighted by molar-refractivity contribution is 5.95. The van der Waals surface area contributed by atoms with Gasteiger partial charge in [-0.05, 0) is 63.4 Å². The van der Waals surface area contributed by atoms with Crippen molar-refractivity contribution in [3.05, 3.63) is 42.3 Å². The second-order valence-corrected chi connectivity index (χ2v) is 7.95. The maximum atomic E-state index is 14.5. The number of fused-ring (bicyclic) bond motifs is 1. The van der Waals surface area contributed by atoms with Gasteiger partial charge in [-0.2, -0.15) is 0 Å². The van der Waals surface area contributed by atoms with Crippen LogP contribution in [0.25, 0.3) is 22.1 Å². The van der Waals surface area contributed by atoms with E-state index >= 15 is 0 Å². The molecule has 0 aliphatic heterocycles. The Labute approximate surface area is 169 Å². The molecule has 1 N–H and O–H groups in total. The quantitative estimate of drug-likeness (QED) is 0.708. The van der Waals surface area contributed by atoms with Crippen LogP contribution < -0.4 is 5.32 Å². The molecule has 1 amide bonds. The third-order valence-corrected chi connectivity index (χ3v) is 5.74. The van der Waals surface area contributed by atoms with Crippen LogP contribution in [-0.4, -0.2) is 40.9 Å². The zero-order chi connectivity index (χ0) is 20.5. The number of carbonyl (C=O) groups is 1. The molecule has 152 valence electrons. The maximum absolute atomic E-state index is 14.5. The number of nitrogens with zero attached hydrogens (tertiary/aromatic N) is 3. The van der Waals surface area contributed by atoms with Crippen molar-refractivity contribution < 1.29 is 13.6 Å². The Balaban J connectivity index is 1.52. The lowest BCUT2D eigenvalue weighted by atomic mass is 9.85. The average Bonchev–Trinajstić information content (AvgIpc) is 3.13. The number of aromatic nitrogens is 2. The van der Waals surface area contributed by atoms with Crippen LogP contribution in [0.15, 0.2) is 35.0 Å². The summed E-state index contributed by atoms with van der Waals surface area (Å²) in [5.74, 6) is 0.938. The number of amides is 1. The molecule has 0 saturated heterocycles. The van der Waals surface area contributed by atoms with Gasteiger partial charge < -0.3 is 14.6 Å². The fourth-order valence-corrected chi connectivity index (χ4v) is 3.99. The third kappa shape index (κ3) is 4.15. The number of benzene rings is 1. The van der Waals surface area contributed by atoms with E-state index < -0.39 is 5.82 Å². The SMILES string of the molecule is Cc1ncc(-c2cc3cc(NC(=O)C4CCC(N(C)C)CC4)ncc3cc2F)o1. The minimum atomic E-state index is -0.398. The summed E-state index contributed by atoms with van der Waals surface area (Å²) < 4.78 is 19.9. The highest BCUT2D eigenvalue weighted by Crippen LogP contribution is 2.30. The molecule has 1 fully saturated rings. The number of aryl methyl sites for hydroxylation is 1. The second-order valence-electron chi connectivity index (χ2n) is 7.95. The summed E-state index contributed by atoms with van der Waals surface area (Å²) in [6, 6.07) is 5.43. The van der Waals surface area contributed by atoms with E-state index in [0.29, 0.717) is 34.5 Å². The van der Waals surface area contributed by atoms with E-state index in [1.54, 1.807) is 25.3 Å². The summed E-state index contributed by atoms with van der Waals surface area (Å²) in [5, 5.41) is 4.37. The van der Waals surface area contributed by atoms with Gasteiger partial charge >= 0.3 is 0 Å². The van der Waals surface area contributed by atoms with Crippen LogP contribution in [0, 0.1) is 18.7 Å². The molecule has 0 bridgehead atoms. The largest absolute Gasteiger partial charge is 0.441 e. The molecule has 0 atom stereocenters. The van der Waals surface area contributed by atoms with E-state index in [4.69, 9.17) is 4.42 Å². The van der Waals surface area contributed by atoms with Crippen LogP contribution in [0.5, 0.6) is 0 Å². The zero-order valence-electron chi connectivity index (χ0n) is 16.9. The predicted octanol–water partition coefficient (Wildman–Crippen LogP) is 4.40. The van der Waals surface area contributed by atoms with Crippen molar-refractivity contribution in [2.75, 3.05) is 19.4 Å². The van der Waals surface area contributed by atoms with Gasteiger partial charge in [-0.1, -0.05) is 0 Å². The molecule has 2 heterocycles. The Morgan fingerprint density at radius 2 is 1.86 bits per heavy atom. The minimum Gasteiger partial charge on any atom is -0.441 e. The lowest BCUT2D eigenvalue weighted by molar-refractivity contribution is -0.121. The van der Waals surface area contributed by atoms with Gasteiger partial charge in [0.05, 0.1) is 11.8 Å². The first-order chi connectivity index (χ1) is 13.9. The van der Waals surface area contributed by atoms with Crippen LogP contribution in [0.2, 0.25) is 0 Å². The van der Waals surface area contributed by atoms with Crippen molar-refractivity contribution in [3.8, 4) is 11.3 Å². The first kappa shape index (κ1) is 19.5. The standard InChI is InChI=1S/C22H25FN4O2/c1-13-24-12-20(29-13)18-8-15-10-21(25-11-16(15)9-19(18)23)26-22(28)14-4-6-17(7-5-14)27(2)3/h8-12,14,17H,4-7H2,1-3H3,(H,25,26,28). The number of rotatable bonds is 4. The van der Waals surface area contributed by atoms with E-state index in [9.17, 15) is 9.18 Å². The van der Waals surface area contributed by atoms with Crippen LogP contribution in [0.4, 0.5) is 10.2 Å². The van der Waals surface area contributed by atoms with Crippen molar-refractivity contribution in [2.45, 2.75) is 38.6 Å². The number of anilines is 1. The molecule has 7 heteroatoms. The molecule has 1 aliphatic carbocycles. The Morgan fingerprint density at radius 3 is 2.52 bits per heavy atom. The molecule has 2 aromatic heterocycles. The lowest BCUT2D eigenvalue weighted by Gasteiger charge is -2.31. The van der Waals surface area contributed by atoms with Crippen LogP contribution in [-0.2, 0) is 4.79 Å². The monoisotopic (exact) mass is 396 g/mol. The van der Waals surface area contributed by atoms with Gasteiger partial charge in [-0.15, -0.1) is 0 Å². The fourth-order valence-electron chi connectivity index (χ4n) is 3.99. The molecule has 0 spiro atoms. The van der Waals surface area contributed by atoms with Crippen molar-refractivity contribution in [1.29, 1.82) is 0 Å².